The number of ether oxygens (including phenoxy) is 1. The zero-order chi connectivity index (χ0) is 15.4. The third-order valence-corrected chi connectivity index (χ3v) is 3.60. The molecule has 0 radical (unpaired) electrons. The van der Waals surface area contributed by atoms with Crippen LogP contribution in [-0.2, 0) is 14.3 Å². The van der Waals surface area contributed by atoms with Gasteiger partial charge in [0.05, 0.1) is 13.0 Å². The molecule has 0 aromatic heterocycles. The number of halogens is 2. The fraction of sp³-hybridized carbons (Fsp3) is 0.429. The van der Waals surface area contributed by atoms with Gasteiger partial charge in [-0.05, 0) is 25.1 Å². The monoisotopic (exact) mass is 330 g/mol. The Morgan fingerprint density at radius 3 is 2.67 bits per heavy atom. The third kappa shape index (κ3) is 4.33. The van der Waals surface area contributed by atoms with E-state index in [1.807, 2.05) is 6.92 Å². The van der Waals surface area contributed by atoms with Gasteiger partial charge < -0.3 is 15.0 Å². The number of likely N-dealkylation sites (N-methyl/N-ethyl adjacent to an activating group) is 1. The molecule has 1 N–H and O–H groups in total. The van der Waals surface area contributed by atoms with Crippen molar-refractivity contribution in [2.75, 3.05) is 25.0 Å². The lowest BCUT2D eigenvalue weighted by atomic mass is 10.1. The van der Waals surface area contributed by atoms with Crippen LogP contribution in [0, 0.1) is 0 Å². The summed E-state index contributed by atoms with van der Waals surface area (Å²) in [7, 11) is 0. The van der Waals surface area contributed by atoms with E-state index in [0.717, 1.165) is 0 Å². The highest BCUT2D eigenvalue weighted by molar-refractivity contribution is 6.35. The van der Waals surface area contributed by atoms with Gasteiger partial charge in [-0.1, -0.05) is 23.2 Å². The predicted octanol–water partition coefficient (Wildman–Crippen LogP) is 2.57. The van der Waals surface area contributed by atoms with E-state index >= 15 is 0 Å². The summed E-state index contributed by atoms with van der Waals surface area (Å²) in [6.07, 6.45) is -0.757. The maximum Gasteiger partial charge on any atom is 0.252 e. The lowest BCUT2D eigenvalue weighted by Gasteiger charge is -2.31. The van der Waals surface area contributed by atoms with Crippen molar-refractivity contribution in [1.82, 2.24) is 4.90 Å². The predicted molar refractivity (Wildman–Crippen MR) is 81.7 cm³/mol. The summed E-state index contributed by atoms with van der Waals surface area (Å²) in [5.74, 6) is -0.465. The summed E-state index contributed by atoms with van der Waals surface area (Å²) in [6, 6.07) is 4.76. The minimum Gasteiger partial charge on any atom is -0.366 e. The average molecular weight is 331 g/mol. The van der Waals surface area contributed by atoms with Crippen molar-refractivity contribution in [2.24, 2.45) is 0 Å². The Labute approximate surface area is 133 Å². The van der Waals surface area contributed by atoms with E-state index in [1.165, 1.54) is 0 Å². The van der Waals surface area contributed by atoms with E-state index in [0.29, 0.717) is 35.4 Å². The van der Waals surface area contributed by atoms with Gasteiger partial charge in [-0.15, -0.1) is 0 Å². The van der Waals surface area contributed by atoms with Crippen LogP contribution in [0.5, 0.6) is 0 Å². The highest BCUT2D eigenvalue weighted by atomic mass is 35.5. The van der Waals surface area contributed by atoms with E-state index < -0.39 is 6.10 Å². The van der Waals surface area contributed by atoms with Crippen molar-refractivity contribution in [2.45, 2.75) is 19.4 Å². The number of hydrogen-bond acceptors (Lipinski definition) is 3. The highest BCUT2D eigenvalue weighted by Crippen LogP contribution is 2.23. The molecule has 1 aromatic rings. The van der Waals surface area contributed by atoms with Crippen molar-refractivity contribution in [3.05, 3.63) is 28.2 Å². The molecule has 0 unspecified atom stereocenters. The summed E-state index contributed by atoms with van der Waals surface area (Å²) in [5.41, 5.74) is 0.494. The van der Waals surface area contributed by atoms with Crippen LogP contribution >= 0.6 is 23.2 Å². The van der Waals surface area contributed by atoms with Gasteiger partial charge in [0, 0.05) is 28.8 Å². The molecule has 1 aliphatic rings. The van der Waals surface area contributed by atoms with E-state index in [-0.39, 0.29) is 18.2 Å². The number of nitrogens with one attached hydrogen (secondary N) is 1. The molecule has 5 nitrogen and oxygen atoms in total. The number of hydrogen-bond donors (Lipinski definition) is 1. The van der Waals surface area contributed by atoms with Crippen LogP contribution in [0.3, 0.4) is 0 Å². The van der Waals surface area contributed by atoms with Crippen molar-refractivity contribution >= 4 is 40.7 Å². The molecule has 0 saturated carbocycles. The Hall–Kier alpha value is -1.30. The van der Waals surface area contributed by atoms with Gasteiger partial charge in [-0.3, -0.25) is 9.59 Å². The van der Waals surface area contributed by atoms with Gasteiger partial charge in [0.25, 0.3) is 5.91 Å². The largest absolute Gasteiger partial charge is 0.366 e. The number of nitrogens with zero attached hydrogens (tertiary/aromatic N) is 1. The third-order valence-electron chi connectivity index (χ3n) is 3.17. The maximum absolute atomic E-state index is 12.0. The number of benzene rings is 1. The summed E-state index contributed by atoms with van der Waals surface area (Å²) in [5, 5.41) is 3.53. The lowest BCUT2D eigenvalue weighted by Crippen LogP contribution is -2.48. The SMILES string of the molecule is CCN1CCO[C@H](CC(=O)Nc2cc(Cl)cc(Cl)c2)C1=O. The molecule has 2 rings (SSSR count). The molecule has 2 amide bonds. The Bertz CT molecular complexity index is 531. The van der Waals surface area contributed by atoms with E-state index in [2.05, 4.69) is 5.32 Å². The average Bonchev–Trinajstić information content (AvgIpc) is 2.40. The first-order valence-electron chi connectivity index (χ1n) is 6.66. The minimum atomic E-state index is -0.728. The molecule has 0 aliphatic carbocycles. The van der Waals surface area contributed by atoms with Crippen molar-refractivity contribution in [1.29, 1.82) is 0 Å². The van der Waals surface area contributed by atoms with Crippen molar-refractivity contribution < 1.29 is 14.3 Å². The topological polar surface area (TPSA) is 58.6 Å². The summed E-state index contributed by atoms with van der Waals surface area (Å²) < 4.78 is 5.37. The van der Waals surface area contributed by atoms with Crippen LogP contribution in [0.15, 0.2) is 18.2 Å². The first-order valence-corrected chi connectivity index (χ1v) is 7.41. The van der Waals surface area contributed by atoms with Crippen LogP contribution < -0.4 is 5.32 Å². The van der Waals surface area contributed by atoms with Crippen molar-refractivity contribution in [3.63, 3.8) is 0 Å². The summed E-state index contributed by atoms with van der Waals surface area (Å²) in [4.78, 5) is 25.7. The van der Waals surface area contributed by atoms with Gasteiger partial charge in [-0.25, -0.2) is 0 Å². The molecule has 1 saturated heterocycles. The number of morpholine rings is 1. The second kappa shape index (κ2) is 7.11. The molecule has 1 heterocycles. The zero-order valence-electron chi connectivity index (χ0n) is 11.6. The van der Waals surface area contributed by atoms with E-state index in [9.17, 15) is 9.59 Å². The number of rotatable bonds is 4. The molecule has 1 atom stereocenters. The van der Waals surface area contributed by atoms with Crippen LogP contribution in [0.1, 0.15) is 13.3 Å². The smallest absolute Gasteiger partial charge is 0.252 e. The number of anilines is 1. The fourth-order valence-electron chi connectivity index (χ4n) is 2.16. The lowest BCUT2D eigenvalue weighted by molar-refractivity contribution is -0.154. The first-order chi connectivity index (χ1) is 9.99. The number of amides is 2. The molecular weight excluding hydrogens is 315 g/mol. The van der Waals surface area contributed by atoms with Crippen molar-refractivity contribution in [3.8, 4) is 0 Å². The molecule has 0 bridgehead atoms. The molecule has 0 spiro atoms. The summed E-state index contributed by atoms with van der Waals surface area (Å²) in [6.45, 7) is 3.52. The van der Waals surface area contributed by atoms with Gasteiger partial charge in [0.2, 0.25) is 5.91 Å². The van der Waals surface area contributed by atoms with E-state index in [4.69, 9.17) is 27.9 Å². The van der Waals surface area contributed by atoms with Crippen LogP contribution in [0.25, 0.3) is 0 Å². The number of carbonyl (C=O) groups excluding carboxylic acids is 2. The fourth-order valence-corrected chi connectivity index (χ4v) is 2.68. The van der Waals surface area contributed by atoms with Gasteiger partial charge in [-0.2, -0.15) is 0 Å². The summed E-state index contributed by atoms with van der Waals surface area (Å²) >= 11 is 11.7. The molecule has 1 aliphatic heterocycles. The van der Waals surface area contributed by atoms with Crippen LogP contribution in [-0.4, -0.2) is 42.5 Å². The second-order valence-electron chi connectivity index (χ2n) is 4.69. The minimum absolute atomic E-state index is 0.0283. The molecule has 1 aromatic carbocycles. The molecule has 21 heavy (non-hydrogen) atoms. The standard InChI is InChI=1S/C14H16Cl2N2O3/c1-2-18-3-4-21-12(14(18)20)8-13(19)17-11-6-9(15)5-10(16)7-11/h5-7,12H,2-4,8H2,1H3,(H,17,19)/t12-/m1/s1. The van der Waals surface area contributed by atoms with Gasteiger partial charge in [0.15, 0.2) is 0 Å². The molecule has 114 valence electrons. The van der Waals surface area contributed by atoms with E-state index in [1.54, 1.807) is 23.1 Å². The van der Waals surface area contributed by atoms with Gasteiger partial charge >= 0.3 is 0 Å². The number of carbonyl (C=O) groups is 2. The Morgan fingerprint density at radius 1 is 1.38 bits per heavy atom. The van der Waals surface area contributed by atoms with Crippen LogP contribution in [0.2, 0.25) is 10.0 Å². The second-order valence-corrected chi connectivity index (χ2v) is 5.56. The molecule has 7 heteroatoms. The maximum atomic E-state index is 12.0. The normalized spacial score (nSPS) is 18.7. The quantitative estimate of drug-likeness (QED) is 0.922. The Kier molecular flexibility index (Phi) is 5.45. The Morgan fingerprint density at radius 2 is 2.05 bits per heavy atom. The molecular formula is C14H16Cl2N2O3. The Balaban J connectivity index is 1.96. The van der Waals surface area contributed by atoms with Gasteiger partial charge in [0.1, 0.15) is 6.10 Å². The zero-order valence-corrected chi connectivity index (χ0v) is 13.1. The van der Waals surface area contributed by atoms with Crippen LogP contribution in [0.4, 0.5) is 5.69 Å². The first kappa shape index (κ1) is 16.1. The molecule has 1 fully saturated rings. The highest BCUT2D eigenvalue weighted by Gasteiger charge is 2.30.